The fourth-order valence-electron chi connectivity index (χ4n) is 3.90. The molecule has 0 aromatic carbocycles. The van der Waals surface area contributed by atoms with E-state index in [0.717, 1.165) is 19.3 Å². The first-order valence-electron chi connectivity index (χ1n) is 12.4. The van der Waals surface area contributed by atoms with Gasteiger partial charge < -0.3 is 24.9 Å². The predicted octanol–water partition coefficient (Wildman–Crippen LogP) is 4.74. The van der Waals surface area contributed by atoms with Crippen LogP contribution < -0.4 is 0 Å². The highest BCUT2D eigenvalue weighted by molar-refractivity contribution is 5.90. The Balaban J connectivity index is 1.88. The average Bonchev–Trinajstić information content (AvgIpc) is 2.77. The predicted molar refractivity (Wildman–Crippen MR) is 121 cm³/mol. The molecule has 1 saturated heterocycles. The summed E-state index contributed by atoms with van der Waals surface area (Å²) in [5.41, 5.74) is -0.0344. The fraction of sp³-hybridized carbons (Fsp3) is 0.917. The van der Waals surface area contributed by atoms with Crippen molar-refractivity contribution in [3.63, 3.8) is 0 Å². The number of carbonyl (C=O) groups excluding carboxylic acids is 1. The third kappa shape index (κ3) is 13.1. The van der Waals surface area contributed by atoms with Gasteiger partial charge in [-0.15, -0.1) is 0 Å². The normalized spacial score (nSPS) is 22.7. The Hall–Kier alpha value is -1.18. The molecule has 0 unspecified atom stereocenters. The summed E-state index contributed by atoms with van der Waals surface area (Å²) in [5, 5.41) is 31.3. The van der Waals surface area contributed by atoms with Crippen molar-refractivity contribution in [3.8, 4) is 0 Å². The van der Waals surface area contributed by atoms with Gasteiger partial charge in [0.25, 0.3) is 0 Å². The second-order valence-corrected chi connectivity index (χ2v) is 8.76. The molecule has 1 aliphatic rings. The standard InChI is InChI=1S/C24H45NO6/c1-2-3-4-5-6-7-8-9-10-11-12-13-14-15-16-17-22(26)31-19-21-24(28)23(27)20(25-29)18-30-21/h21,23-24,27-29H,2-19H2,1H3/b25-20+/t21-,23-,24-/m1/s1. The minimum Gasteiger partial charge on any atom is -0.463 e. The molecule has 0 saturated carbocycles. The average molecular weight is 444 g/mol. The number of ether oxygens (including phenoxy) is 2. The van der Waals surface area contributed by atoms with Gasteiger partial charge in [0.1, 0.15) is 30.6 Å². The Morgan fingerprint density at radius 1 is 0.903 bits per heavy atom. The van der Waals surface area contributed by atoms with Crippen LogP contribution in [0.3, 0.4) is 0 Å². The van der Waals surface area contributed by atoms with Crippen molar-refractivity contribution in [1.82, 2.24) is 0 Å². The lowest BCUT2D eigenvalue weighted by molar-refractivity contribution is -0.155. The Kier molecular flexibility index (Phi) is 16.5. The SMILES string of the molecule is CCCCCCCCCCCCCCCCCC(=O)OC[C@H]1OC/C(=N\O)[C@@H](O)[C@@H]1O. The van der Waals surface area contributed by atoms with Gasteiger partial charge >= 0.3 is 5.97 Å². The van der Waals surface area contributed by atoms with Gasteiger partial charge in [-0.25, -0.2) is 0 Å². The highest BCUT2D eigenvalue weighted by Gasteiger charge is 2.37. The van der Waals surface area contributed by atoms with Gasteiger partial charge in [-0.05, 0) is 6.42 Å². The van der Waals surface area contributed by atoms with Gasteiger partial charge in [-0.3, -0.25) is 4.79 Å². The minimum atomic E-state index is -1.31. The van der Waals surface area contributed by atoms with Gasteiger partial charge in [-0.2, -0.15) is 0 Å². The topological polar surface area (TPSA) is 109 Å². The molecular formula is C24H45NO6. The minimum absolute atomic E-state index is 0.0344. The number of oxime groups is 1. The van der Waals surface area contributed by atoms with Crippen molar-refractivity contribution in [1.29, 1.82) is 0 Å². The van der Waals surface area contributed by atoms with Crippen LogP contribution in [0.25, 0.3) is 0 Å². The number of hydrogen-bond donors (Lipinski definition) is 3. The van der Waals surface area contributed by atoms with Crippen LogP contribution in [0, 0.1) is 0 Å². The van der Waals surface area contributed by atoms with Crippen LogP contribution in [0.15, 0.2) is 5.16 Å². The summed E-state index contributed by atoms with van der Waals surface area (Å²) < 4.78 is 10.4. The zero-order chi connectivity index (χ0) is 22.7. The highest BCUT2D eigenvalue weighted by atomic mass is 16.6. The monoisotopic (exact) mass is 443 g/mol. The van der Waals surface area contributed by atoms with E-state index in [-0.39, 0.29) is 24.9 Å². The Labute approximate surface area is 188 Å². The van der Waals surface area contributed by atoms with Crippen LogP contribution in [-0.4, -0.2) is 58.6 Å². The van der Waals surface area contributed by atoms with Crippen LogP contribution in [0.5, 0.6) is 0 Å². The van der Waals surface area contributed by atoms with E-state index in [1.165, 1.54) is 77.0 Å². The first kappa shape index (κ1) is 27.9. The lowest BCUT2D eigenvalue weighted by Gasteiger charge is -2.31. The summed E-state index contributed by atoms with van der Waals surface area (Å²) in [7, 11) is 0. The second-order valence-electron chi connectivity index (χ2n) is 8.76. The molecule has 7 nitrogen and oxygen atoms in total. The quantitative estimate of drug-likeness (QED) is 0.122. The lowest BCUT2D eigenvalue weighted by atomic mass is 10.0. The molecule has 0 aliphatic carbocycles. The summed E-state index contributed by atoms with van der Waals surface area (Å²) >= 11 is 0. The molecule has 31 heavy (non-hydrogen) atoms. The zero-order valence-electron chi connectivity index (χ0n) is 19.5. The zero-order valence-corrected chi connectivity index (χ0v) is 19.5. The number of nitrogens with zero attached hydrogens (tertiary/aromatic N) is 1. The largest absolute Gasteiger partial charge is 0.463 e. The Morgan fingerprint density at radius 2 is 1.39 bits per heavy atom. The molecule has 1 aliphatic heterocycles. The molecule has 182 valence electrons. The number of hydrogen-bond acceptors (Lipinski definition) is 7. The van der Waals surface area contributed by atoms with E-state index in [0.29, 0.717) is 6.42 Å². The number of unbranched alkanes of at least 4 members (excludes halogenated alkanes) is 14. The van der Waals surface area contributed by atoms with Crippen molar-refractivity contribution in [3.05, 3.63) is 0 Å². The van der Waals surface area contributed by atoms with E-state index < -0.39 is 18.3 Å². The molecule has 0 aromatic rings. The van der Waals surface area contributed by atoms with E-state index >= 15 is 0 Å². The molecule has 3 atom stereocenters. The first-order valence-corrected chi connectivity index (χ1v) is 12.4. The van der Waals surface area contributed by atoms with Crippen LogP contribution in [0.1, 0.15) is 110 Å². The number of esters is 1. The highest BCUT2D eigenvalue weighted by Crippen LogP contribution is 2.16. The third-order valence-electron chi connectivity index (χ3n) is 6.01. The smallest absolute Gasteiger partial charge is 0.305 e. The maximum absolute atomic E-state index is 11.8. The van der Waals surface area contributed by atoms with Gasteiger partial charge in [0.2, 0.25) is 0 Å². The molecule has 0 amide bonds. The number of rotatable bonds is 18. The van der Waals surface area contributed by atoms with Crippen molar-refractivity contribution in [2.24, 2.45) is 5.16 Å². The molecule has 1 heterocycles. The lowest BCUT2D eigenvalue weighted by Crippen LogP contribution is -2.52. The van der Waals surface area contributed by atoms with Crippen LogP contribution >= 0.6 is 0 Å². The van der Waals surface area contributed by atoms with E-state index in [1.54, 1.807) is 0 Å². The van der Waals surface area contributed by atoms with E-state index in [9.17, 15) is 15.0 Å². The van der Waals surface area contributed by atoms with Crippen molar-refractivity contribution in [2.45, 2.75) is 128 Å². The molecule has 0 aromatic heterocycles. The van der Waals surface area contributed by atoms with Crippen LogP contribution in [0.2, 0.25) is 0 Å². The molecule has 3 N–H and O–H groups in total. The summed E-state index contributed by atoms with van der Waals surface area (Å²) in [6.07, 6.45) is 16.1. The molecule has 0 spiro atoms. The summed E-state index contributed by atoms with van der Waals surface area (Å²) in [4.78, 5) is 11.8. The summed E-state index contributed by atoms with van der Waals surface area (Å²) in [5.74, 6) is -0.318. The Bertz CT molecular complexity index is 485. The maximum atomic E-state index is 11.8. The van der Waals surface area contributed by atoms with E-state index in [2.05, 4.69) is 12.1 Å². The maximum Gasteiger partial charge on any atom is 0.305 e. The molecule has 1 rings (SSSR count). The number of aliphatic hydroxyl groups is 2. The van der Waals surface area contributed by atoms with Crippen molar-refractivity contribution < 1.29 is 29.7 Å². The Morgan fingerprint density at radius 3 is 1.87 bits per heavy atom. The van der Waals surface area contributed by atoms with Crippen molar-refractivity contribution >= 4 is 11.7 Å². The van der Waals surface area contributed by atoms with Crippen molar-refractivity contribution in [2.75, 3.05) is 13.2 Å². The fourth-order valence-corrected chi connectivity index (χ4v) is 3.90. The summed E-state index contributed by atoms with van der Waals surface area (Å²) in [6.45, 7) is 2.04. The van der Waals surface area contributed by atoms with Gasteiger partial charge in [0.15, 0.2) is 0 Å². The van der Waals surface area contributed by atoms with Gasteiger partial charge in [0.05, 0.1) is 6.61 Å². The van der Waals surface area contributed by atoms with E-state index in [1.807, 2.05) is 0 Å². The molecular weight excluding hydrogens is 398 g/mol. The molecule has 1 fully saturated rings. The number of carbonyl (C=O) groups is 1. The molecule has 0 radical (unpaired) electrons. The van der Waals surface area contributed by atoms with Crippen LogP contribution in [0.4, 0.5) is 0 Å². The molecule has 7 heteroatoms. The van der Waals surface area contributed by atoms with Crippen LogP contribution in [-0.2, 0) is 14.3 Å². The number of aliphatic hydroxyl groups excluding tert-OH is 2. The van der Waals surface area contributed by atoms with Gasteiger partial charge in [-0.1, -0.05) is 102 Å². The van der Waals surface area contributed by atoms with Gasteiger partial charge in [0, 0.05) is 6.42 Å². The first-order chi connectivity index (χ1) is 15.1. The third-order valence-corrected chi connectivity index (χ3v) is 6.01. The molecule has 0 bridgehead atoms. The second kappa shape index (κ2) is 18.4. The summed E-state index contributed by atoms with van der Waals surface area (Å²) in [6, 6.07) is 0. The van der Waals surface area contributed by atoms with E-state index in [4.69, 9.17) is 14.7 Å².